The van der Waals surface area contributed by atoms with E-state index < -0.39 is 11.5 Å². The monoisotopic (exact) mass is 442 g/mol. The van der Waals surface area contributed by atoms with Crippen LogP contribution < -0.4 is 10.6 Å². The van der Waals surface area contributed by atoms with Gasteiger partial charge < -0.3 is 10.6 Å². The molecule has 0 radical (unpaired) electrons. The zero-order valence-corrected chi connectivity index (χ0v) is 18.1. The molecule has 2 aliphatic heterocycles. The van der Waals surface area contributed by atoms with E-state index in [0.29, 0.717) is 22.4 Å². The largest absolute Gasteiger partial charge is 0.348 e. The first kappa shape index (κ1) is 19.9. The molecule has 2 fully saturated rings. The van der Waals surface area contributed by atoms with Crippen LogP contribution in [0.25, 0.3) is 0 Å². The summed E-state index contributed by atoms with van der Waals surface area (Å²) >= 11 is 12.4. The van der Waals surface area contributed by atoms with Gasteiger partial charge in [-0.1, -0.05) is 73.5 Å². The molecular weight excluding hydrogens is 419 g/mol. The van der Waals surface area contributed by atoms with Crippen molar-refractivity contribution >= 4 is 40.7 Å². The number of hydrogen-bond donors (Lipinski definition) is 2. The number of hydrogen-bond acceptors (Lipinski definition) is 2. The minimum atomic E-state index is -0.857. The lowest BCUT2D eigenvalue weighted by atomic mass is 9.56. The second-order valence-electron chi connectivity index (χ2n) is 8.77. The highest BCUT2D eigenvalue weighted by atomic mass is 35.5. The van der Waals surface area contributed by atoms with Gasteiger partial charge in [0.05, 0.1) is 6.04 Å². The fourth-order valence-electron chi connectivity index (χ4n) is 5.97. The van der Waals surface area contributed by atoms with Crippen molar-refractivity contribution in [2.75, 3.05) is 5.32 Å². The van der Waals surface area contributed by atoms with Crippen molar-refractivity contribution in [3.63, 3.8) is 0 Å². The van der Waals surface area contributed by atoms with Crippen molar-refractivity contribution in [1.29, 1.82) is 0 Å². The molecule has 1 spiro atoms. The molecule has 30 heavy (non-hydrogen) atoms. The predicted molar refractivity (Wildman–Crippen MR) is 119 cm³/mol. The quantitative estimate of drug-likeness (QED) is 0.631. The number of nitrogens with one attached hydrogen (secondary N) is 2. The standard InChI is InChI=1S/C24H24Cl2N2O2/c25-16-8-6-15(7-9-16)22-24(18-11-10-17(26)12-20(18)27-23(24)30)19(13-21(29)28-22)14-4-2-1-3-5-14/h6-12,14,19,22H,1-5,13H2,(H,27,30)(H,28,29)/t19-,22+,24-/m1/s1. The highest BCUT2D eigenvalue weighted by Gasteiger charge is 2.62. The Hall–Kier alpha value is -2.04. The van der Waals surface area contributed by atoms with Gasteiger partial charge in [-0.25, -0.2) is 0 Å². The molecule has 3 aliphatic rings. The second kappa shape index (κ2) is 7.58. The number of carbonyl (C=O) groups excluding carboxylic acids is 2. The molecule has 0 unspecified atom stereocenters. The first-order valence-electron chi connectivity index (χ1n) is 10.7. The summed E-state index contributed by atoms with van der Waals surface area (Å²) in [5.74, 6) is 0.239. The molecule has 2 heterocycles. The van der Waals surface area contributed by atoms with Gasteiger partial charge in [0.25, 0.3) is 0 Å². The number of amides is 2. The van der Waals surface area contributed by atoms with Crippen LogP contribution in [0.15, 0.2) is 42.5 Å². The van der Waals surface area contributed by atoms with E-state index >= 15 is 0 Å². The summed E-state index contributed by atoms with van der Waals surface area (Å²) < 4.78 is 0. The van der Waals surface area contributed by atoms with E-state index in [0.717, 1.165) is 42.5 Å². The van der Waals surface area contributed by atoms with Crippen LogP contribution in [0, 0.1) is 11.8 Å². The number of halogens is 2. The average molecular weight is 443 g/mol. The maximum atomic E-state index is 13.8. The maximum Gasteiger partial charge on any atom is 0.237 e. The van der Waals surface area contributed by atoms with Gasteiger partial charge in [-0.3, -0.25) is 9.59 Å². The lowest BCUT2D eigenvalue weighted by Crippen LogP contribution is -2.59. The Morgan fingerprint density at radius 2 is 1.60 bits per heavy atom. The molecule has 2 amide bonds. The fourth-order valence-corrected chi connectivity index (χ4v) is 6.27. The third-order valence-corrected chi connectivity index (χ3v) is 7.71. The molecule has 0 aromatic heterocycles. The number of carbonyl (C=O) groups is 2. The molecule has 2 aromatic carbocycles. The van der Waals surface area contributed by atoms with E-state index in [1.165, 1.54) is 6.42 Å². The molecule has 4 nitrogen and oxygen atoms in total. The highest BCUT2D eigenvalue weighted by molar-refractivity contribution is 6.31. The van der Waals surface area contributed by atoms with Gasteiger partial charge in [0.2, 0.25) is 11.8 Å². The molecular formula is C24H24Cl2N2O2. The van der Waals surface area contributed by atoms with E-state index in [1.54, 1.807) is 0 Å². The van der Waals surface area contributed by atoms with E-state index in [4.69, 9.17) is 23.2 Å². The average Bonchev–Trinajstić information content (AvgIpc) is 3.02. The molecule has 3 atom stereocenters. The van der Waals surface area contributed by atoms with Crippen LogP contribution >= 0.6 is 23.2 Å². The molecule has 5 rings (SSSR count). The second-order valence-corrected chi connectivity index (χ2v) is 9.65. The summed E-state index contributed by atoms with van der Waals surface area (Å²) in [6, 6.07) is 12.6. The number of rotatable bonds is 2. The lowest BCUT2D eigenvalue weighted by Gasteiger charge is -2.49. The van der Waals surface area contributed by atoms with Gasteiger partial charge in [0.1, 0.15) is 5.41 Å². The first-order chi connectivity index (χ1) is 14.5. The third-order valence-electron chi connectivity index (χ3n) is 7.22. The van der Waals surface area contributed by atoms with Crippen molar-refractivity contribution in [1.82, 2.24) is 5.32 Å². The van der Waals surface area contributed by atoms with Gasteiger partial charge in [-0.05, 0) is 47.2 Å². The van der Waals surface area contributed by atoms with Crippen molar-refractivity contribution in [3.05, 3.63) is 63.6 Å². The zero-order valence-electron chi connectivity index (χ0n) is 16.6. The Bertz CT molecular complexity index is 1000. The molecule has 2 aromatic rings. The maximum absolute atomic E-state index is 13.8. The Kier molecular flexibility index (Phi) is 5.03. The molecule has 1 saturated heterocycles. The predicted octanol–water partition coefficient (Wildman–Crippen LogP) is 5.64. The smallest absolute Gasteiger partial charge is 0.237 e. The van der Waals surface area contributed by atoms with E-state index in [-0.39, 0.29) is 17.7 Å². The van der Waals surface area contributed by atoms with Crippen LogP contribution in [-0.4, -0.2) is 11.8 Å². The minimum absolute atomic E-state index is 0.00589. The van der Waals surface area contributed by atoms with Gasteiger partial charge in [0.15, 0.2) is 0 Å². The summed E-state index contributed by atoms with van der Waals surface area (Å²) in [6.45, 7) is 0. The molecule has 2 N–H and O–H groups in total. The highest BCUT2D eigenvalue weighted by Crippen LogP contribution is 2.57. The fraction of sp³-hybridized carbons (Fsp3) is 0.417. The van der Waals surface area contributed by atoms with Gasteiger partial charge in [-0.15, -0.1) is 0 Å². The Labute approximate surface area is 186 Å². The molecule has 156 valence electrons. The van der Waals surface area contributed by atoms with Crippen LogP contribution in [0.5, 0.6) is 0 Å². The van der Waals surface area contributed by atoms with Crippen molar-refractivity contribution in [2.24, 2.45) is 11.8 Å². The van der Waals surface area contributed by atoms with Crippen LogP contribution in [0.4, 0.5) is 5.69 Å². The van der Waals surface area contributed by atoms with Crippen LogP contribution in [-0.2, 0) is 15.0 Å². The summed E-state index contributed by atoms with van der Waals surface area (Å²) in [4.78, 5) is 26.7. The Morgan fingerprint density at radius 1 is 0.900 bits per heavy atom. The first-order valence-corrected chi connectivity index (χ1v) is 11.4. The summed E-state index contributed by atoms with van der Waals surface area (Å²) in [5.41, 5.74) is 1.73. The van der Waals surface area contributed by atoms with E-state index in [2.05, 4.69) is 10.6 Å². The number of anilines is 1. The summed E-state index contributed by atoms with van der Waals surface area (Å²) in [7, 11) is 0. The molecule has 1 aliphatic carbocycles. The number of benzene rings is 2. The Balaban J connectivity index is 1.72. The summed E-state index contributed by atoms with van der Waals surface area (Å²) in [5, 5.41) is 7.47. The zero-order chi connectivity index (χ0) is 20.9. The minimum Gasteiger partial charge on any atom is -0.348 e. The Morgan fingerprint density at radius 3 is 2.33 bits per heavy atom. The molecule has 1 saturated carbocycles. The summed E-state index contributed by atoms with van der Waals surface area (Å²) in [6.07, 6.45) is 6.01. The van der Waals surface area contributed by atoms with Crippen molar-refractivity contribution in [3.8, 4) is 0 Å². The lowest BCUT2D eigenvalue weighted by molar-refractivity contribution is -0.136. The molecule has 0 bridgehead atoms. The van der Waals surface area contributed by atoms with Crippen LogP contribution in [0.3, 0.4) is 0 Å². The SMILES string of the molecule is O=C1C[C@H](C2CCCCC2)[C@@]2(C(=O)Nc3cc(Cl)ccc32)[C@H](c2ccc(Cl)cc2)N1. The van der Waals surface area contributed by atoms with Crippen molar-refractivity contribution < 1.29 is 9.59 Å². The number of piperidine rings is 1. The van der Waals surface area contributed by atoms with E-state index in [1.807, 2.05) is 42.5 Å². The van der Waals surface area contributed by atoms with Crippen LogP contribution in [0.2, 0.25) is 10.0 Å². The van der Waals surface area contributed by atoms with Crippen molar-refractivity contribution in [2.45, 2.75) is 50.0 Å². The third kappa shape index (κ3) is 3.04. The van der Waals surface area contributed by atoms with E-state index in [9.17, 15) is 9.59 Å². The van der Waals surface area contributed by atoms with Gasteiger partial charge >= 0.3 is 0 Å². The van der Waals surface area contributed by atoms with Gasteiger partial charge in [-0.2, -0.15) is 0 Å². The molecule has 6 heteroatoms. The normalized spacial score (nSPS) is 28.9. The topological polar surface area (TPSA) is 58.2 Å². The van der Waals surface area contributed by atoms with Gasteiger partial charge in [0, 0.05) is 22.2 Å². The number of fused-ring (bicyclic) bond motifs is 2. The van der Waals surface area contributed by atoms with Crippen LogP contribution in [0.1, 0.15) is 55.7 Å².